The van der Waals surface area contributed by atoms with Gasteiger partial charge in [-0.05, 0) is 42.5 Å². The topological polar surface area (TPSA) is 44.8 Å². The van der Waals surface area contributed by atoms with Gasteiger partial charge in [-0.3, -0.25) is 4.79 Å². The molecule has 2 aromatic carbocycles. The van der Waals surface area contributed by atoms with Gasteiger partial charge in [-0.15, -0.1) is 0 Å². The van der Waals surface area contributed by atoms with E-state index in [2.05, 4.69) is 0 Å². The monoisotopic (exact) mass is 290 g/mol. The summed E-state index contributed by atoms with van der Waals surface area (Å²) in [5.41, 5.74) is 0.516. The van der Waals surface area contributed by atoms with Gasteiger partial charge < -0.3 is 14.2 Å². The Bertz CT molecular complexity index is 596. The van der Waals surface area contributed by atoms with E-state index in [4.69, 9.17) is 14.2 Å². The maximum atomic E-state index is 12.7. The quantitative estimate of drug-likeness (QED) is 0.580. The molecule has 0 unspecified atom stereocenters. The molecule has 0 amide bonds. The van der Waals surface area contributed by atoms with E-state index in [1.165, 1.54) is 19.2 Å². The van der Waals surface area contributed by atoms with Crippen LogP contribution in [0.5, 0.6) is 17.2 Å². The fourth-order valence-corrected chi connectivity index (χ4v) is 1.72. The minimum absolute atomic E-state index is 0.300. The lowest BCUT2D eigenvalue weighted by Crippen LogP contribution is -2.09. The molecule has 0 bridgehead atoms. The van der Waals surface area contributed by atoms with Gasteiger partial charge in [0.2, 0.25) is 0 Å². The molecule has 0 spiro atoms. The Kier molecular flexibility index (Phi) is 5.15. The van der Waals surface area contributed by atoms with Crippen LogP contribution >= 0.6 is 0 Å². The van der Waals surface area contributed by atoms with Gasteiger partial charge in [0.1, 0.15) is 31.1 Å². The van der Waals surface area contributed by atoms with Gasteiger partial charge in [-0.2, -0.15) is 0 Å². The molecule has 2 aromatic rings. The predicted molar refractivity (Wildman–Crippen MR) is 75.8 cm³/mol. The van der Waals surface area contributed by atoms with Crippen LogP contribution in [-0.2, 0) is 0 Å². The van der Waals surface area contributed by atoms with E-state index in [0.29, 0.717) is 36.0 Å². The van der Waals surface area contributed by atoms with Gasteiger partial charge in [0.05, 0.1) is 7.11 Å². The van der Waals surface area contributed by atoms with Gasteiger partial charge >= 0.3 is 0 Å². The van der Waals surface area contributed by atoms with Crippen molar-refractivity contribution in [2.75, 3.05) is 20.3 Å². The lowest BCUT2D eigenvalue weighted by Gasteiger charge is -2.11. The summed E-state index contributed by atoms with van der Waals surface area (Å²) in [7, 11) is 1.51. The van der Waals surface area contributed by atoms with Crippen LogP contribution in [0.25, 0.3) is 0 Å². The molecular weight excluding hydrogens is 275 g/mol. The zero-order valence-electron chi connectivity index (χ0n) is 11.5. The third-order valence-electron chi connectivity index (χ3n) is 2.75. The molecule has 0 heterocycles. The molecule has 21 heavy (non-hydrogen) atoms. The van der Waals surface area contributed by atoms with Crippen LogP contribution in [0.1, 0.15) is 10.4 Å². The third kappa shape index (κ3) is 4.21. The zero-order valence-corrected chi connectivity index (χ0v) is 11.5. The maximum absolute atomic E-state index is 12.7. The van der Waals surface area contributed by atoms with Gasteiger partial charge in [-0.25, -0.2) is 4.39 Å². The Morgan fingerprint density at radius 1 is 1.00 bits per heavy atom. The molecule has 4 nitrogen and oxygen atoms in total. The van der Waals surface area contributed by atoms with Crippen molar-refractivity contribution in [2.24, 2.45) is 0 Å². The van der Waals surface area contributed by atoms with Crippen LogP contribution < -0.4 is 14.2 Å². The lowest BCUT2D eigenvalue weighted by molar-refractivity contribution is 0.112. The molecule has 0 radical (unpaired) electrons. The highest BCUT2D eigenvalue weighted by atomic mass is 19.1. The second-order valence-corrected chi connectivity index (χ2v) is 4.18. The van der Waals surface area contributed by atoms with Crippen LogP contribution in [0, 0.1) is 5.82 Å². The summed E-state index contributed by atoms with van der Waals surface area (Å²) >= 11 is 0. The second kappa shape index (κ2) is 7.28. The number of rotatable bonds is 7. The first-order valence-corrected chi connectivity index (χ1v) is 6.37. The number of hydrogen-bond donors (Lipinski definition) is 0. The van der Waals surface area contributed by atoms with Crippen molar-refractivity contribution >= 4 is 6.29 Å². The van der Waals surface area contributed by atoms with Crippen LogP contribution in [0.3, 0.4) is 0 Å². The van der Waals surface area contributed by atoms with Crippen molar-refractivity contribution in [3.63, 3.8) is 0 Å². The highest BCUT2D eigenvalue weighted by Gasteiger charge is 2.05. The molecule has 0 saturated heterocycles. The van der Waals surface area contributed by atoms with Crippen molar-refractivity contribution in [2.45, 2.75) is 0 Å². The van der Waals surface area contributed by atoms with Crippen LogP contribution in [0.15, 0.2) is 42.5 Å². The normalized spacial score (nSPS) is 10.0. The highest BCUT2D eigenvalue weighted by molar-refractivity contribution is 5.76. The smallest absolute Gasteiger partial charge is 0.161 e. The molecule has 110 valence electrons. The molecule has 0 aliphatic heterocycles. The van der Waals surface area contributed by atoms with E-state index in [0.717, 1.165) is 6.29 Å². The van der Waals surface area contributed by atoms with Crippen LogP contribution in [0.4, 0.5) is 4.39 Å². The number of carbonyl (C=O) groups excluding carboxylic acids is 1. The minimum atomic E-state index is -0.307. The first-order valence-electron chi connectivity index (χ1n) is 6.37. The van der Waals surface area contributed by atoms with Gasteiger partial charge in [0, 0.05) is 5.56 Å². The van der Waals surface area contributed by atoms with E-state index in [1.54, 1.807) is 30.3 Å². The summed E-state index contributed by atoms with van der Waals surface area (Å²) in [6.07, 6.45) is 0.740. The molecule has 0 N–H and O–H groups in total. The summed E-state index contributed by atoms with van der Waals surface area (Å²) < 4.78 is 28.8. The Balaban J connectivity index is 1.85. The number of ether oxygens (including phenoxy) is 3. The van der Waals surface area contributed by atoms with E-state index in [-0.39, 0.29) is 5.82 Å². The third-order valence-corrected chi connectivity index (χ3v) is 2.75. The Hall–Kier alpha value is -2.56. The van der Waals surface area contributed by atoms with Gasteiger partial charge in [0.25, 0.3) is 0 Å². The predicted octanol–water partition coefficient (Wildman–Crippen LogP) is 3.10. The molecule has 0 saturated carbocycles. The lowest BCUT2D eigenvalue weighted by atomic mass is 10.2. The summed E-state index contributed by atoms with van der Waals surface area (Å²) in [5, 5.41) is 0. The van der Waals surface area contributed by atoms with Gasteiger partial charge in [-0.1, -0.05) is 0 Å². The number of aldehydes is 1. The van der Waals surface area contributed by atoms with Crippen molar-refractivity contribution in [3.8, 4) is 17.2 Å². The van der Waals surface area contributed by atoms with E-state index in [1.807, 2.05) is 0 Å². The molecule has 2 rings (SSSR count). The first-order chi connectivity index (χ1) is 10.2. The first kappa shape index (κ1) is 14.8. The Morgan fingerprint density at radius 3 is 2.38 bits per heavy atom. The SMILES string of the molecule is COc1cc(C=O)ccc1OCCOc1ccc(F)cc1. The molecular formula is C16H15FO4. The number of benzene rings is 2. The summed E-state index contributed by atoms with van der Waals surface area (Å²) in [4.78, 5) is 10.7. The van der Waals surface area contributed by atoms with Crippen molar-refractivity contribution in [3.05, 3.63) is 53.8 Å². The van der Waals surface area contributed by atoms with Gasteiger partial charge in [0.15, 0.2) is 11.5 Å². The summed E-state index contributed by atoms with van der Waals surface area (Å²) in [6.45, 7) is 0.610. The van der Waals surface area contributed by atoms with Crippen molar-refractivity contribution < 1.29 is 23.4 Å². The summed E-state index contributed by atoms with van der Waals surface area (Å²) in [5.74, 6) is 1.29. The van der Waals surface area contributed by atoms with E-state index >= 15 is 0 Å². The molecule has 0 aromatic heterocycles. The minimum Gasteiger partial charge on any atom is -0.493 e. The zero-order chi connectivity index (χ0) is 15.1. The fourth-order valence-electron chi connectivity index (χ4n) is 1.72. The largest absolute Gasteiger partial charge is 0.493 e. The number of carbonyl (C=O) groups is 1. The number of methoxy groups -OCH3 is 1. The van der Waals surface area contributed by atoms with Crippen LogP contribution in [0.2, 0.25) is 0 Å². The van der Waals surface area contributed by atoms with Crippen molar-refractivity contribution in [1.82, 2.24) is 0 Å². The van der Waals surface area contributed by atoms with E-state index in [9.17, 15) is 9.18 Å². The molecule has 0 aliphatic carbocycles. The molecule has 5 heteroatoms. The standard InChI is InChI=1S/C16H15FO4/c1-19-16-10-12(11-18)2-7-15(16)21-9-8-20-14-5-3-13(17)4-6-14/h2-7,10-11H,8-9H2,1H3. The molecule has 0 fully saturated rings. The maximum Gasteiger partial charge on any atom is 0.161 e. The summed E-state index contributed by atoms with van der Waals surface area (Å²) in [6, 6.07) is 10.7. The van der Waals surface area contributed by atoms with Crippen LogP contribution in [-0.4, -0.2) is 26.6 Å². The molecule has 0 atom stereocenters. The average molecular weight is 290 g/mol. The van der Waals surface area contributed by atoms with E-state index < -0.39 is 0 Å². The fraction of sp³-hybridized carbons (Fsp3) is 0.188. The van der Waals surface area contributed by atoms with Crippen molar-refractivity contribution in [1.29, 1.82) is 0 Å². The highest BCUT2D eigenvalue weighted by Crippen LogP contribution is 2.27. The number of halogens is 1. The molecule has 0 aliphatic rings. The Morgan fingerprint density at radius 2 is 1.71 bits per heavy atom. The number of hydrogen-bond acceptors (Lipinski definition) is 4. The average Bonchev–Trinajstić information content (AvgIpc) is 2.53. The Labute approximate surface area is 122 Å². The second-order valence-electron chi connectivity index (χ2n) is 4.18.